The number of nitrogens with zero attached hydrogens (tertiary/aromatic N) is 1. The van der Waals surface area contributed by atoms with Crippen LogP contribution in [-0.4, -0.2) is 50.0 Å². The second kappa shape index (κ2) is 9.46. The van der Waals surface area contributed by atoms with Crippen molar-refractivity contribution in [1.29, 1.82) is 0 Å². The normalized spacial score (nSPS) is 24.4. The Kier molecular flexibility index (Phi) is 6.74. The molecule has 3 unspecified atom stereocenters. The summed E-state index contributed by atoms with van der Waals surface area (Å²) in [5, 5.41) is 12.5. The number of halogens is 6. The highest BCUT2D eigenvalue weighted by Crippen LogP contribution is 2.34. The predicted octanol–water partition coefficient (Wildman–Crippen LogP) is 4.25. The molecule has 0 bridgehead atoms. The number of nitrogens with one attached hydrogen (secondary N) is 4. The summed E-state index contributed by atoms with van der Waals surface area (Å²) in [5.41, 5.74) is 0.733. The lowest BCUT2D eigenvalue weighted by molar-refractivity contribution is -0.137. The summed E-state index contributed by atoms with van der Waals surface area (Å²) < 4.78 is 79.4. The van der Waals surface area contributed by atoms with Crippen molar-refractivity contribution in [3.63, 3.8) is 0 Å². The van der Waals surface area contributed by atoms with Crippen LogP contribution in [0.25, 0.3) is 0 Å². The van der Waals surface area contributed by atoms with E-state index in [4.69, 9.17) is 0 Å². The van der Waals surface area contributed by atoms with Crippen molar-refractivity contribution in [3.8, 4) is 0 Å². The summed E-state index contributed by atoms with van der Waals surface area (Å²) in [4.78, 5) is 1.95. The van der Waals surface area contributed by atoms with Crippen LogP contribution in [0, 0.1) is 0 Å². The molecule has 3 atom stereocenters. The Morgan fingerprint density at radius 1 is 0.943 bits per heavy atom. The van der Waals surface area contributed by atoms with Crippen LogP contribution >= 0.6 is 0 Å². The van der Waals surface area contributed by atoms with Gasteiger partial charge in [-0.1, -0.05) is 12.2 Å². The number of hydrogen-bond donors (Lipinski definition) is 4. The van der Waals surface area contributed by atoms with Crippen LogP contribution in [0.4, 0.5) is 32.0 Å². The highest BCUT2D eigenvalue weighted by molar-refractivity contribution is 5.58. The monoisotopic (exact) mass is 497 g/mol. The van der Waals surface area contributed by atoms with Gasteiger partial charge in [0.15, 0.2) is 0 Å². The zero-order valence-corrected chi connectivity index (χ0v) is 18.9. The van der Waals surface area contributed by atoms with Gasteiger partial charge in [0.1, 0.15) is 6.17 Å². The van der Waals surface area contributed by atoms with Gasteiger partial charge in [0.05, 0.1) is 17.2 Å². The Morgan fingerprint density at radius 3 is 2.29 bits per heavy atom. The Morgan fingerprint density at radius 2 is 1.66 bits per heavy atom. The molecule has 0 aliphatic carbocycles. The van der Waals surface area contributed by atoms with E-state index < -0.39 is 35.7 Å². The van der Waals surface area contributed by atoms with Crippen LogP contribution < -0.4 is 21.3 Å². The molecule has 3 aliphatic rings. The Balaban J connectivity index is 1.62. The van der Waals surface area contributed by atoms with Crippen molar-refractivity contribution in [2.45, 2.75) is 30.6 Å². The first kappa shape index (κ1) is 24.9. The lowest BCUT2D eigenvalue weighted by atomic mass is 9.93. The molecule has 0 spiro atoms. The maximum Gasteiger partial charge on any atom is 0.416 e. The van der Waals surface area contributed by atoms with Crippen molar-refractivity contribution in [2.24, 2.45) is 0 Å². The minimum atomic E-state index is -4.50. The topological polar surface area (TPSA) is 51.4 Å². The summed E-state index contributed by atoms with van der Waals surface area (Å²) in [6.45, 7) is 0.598. The second-order valence-electron chi connectivity index (χ2n) is 8.72. The van der Waals surface area contributed by atoms with Crippen LogP contribution in [0.2, 0.25) is 0 Å². The van der Waals surface area contributed by atoms with E-state index in [9.17, 15) is 26.3 Å². The van der Waals surface area contributed by atoms with Crippen LogP contribution in [0.15, 0.2) is 83.4 Å². The fraction of sp³-hybridized carbons (Fsp3) is 0.333. The quantitative estimate of drug-likeness (QED) is 0.459. The summed E-state index contributed by atoms with van der Waals surface area (Å²) in [5.74, 6) is 0. The molecule has 4 N–H and O–H groups in total. The van der Waals surface area contributed by atoms with Gasteiger partial charge in [0.25, 0.3) is 0 Å². The molecule has 1 aromatic carbocycles. The van der Waals surface area contributed by atoms with Crippen molar-refractivity contribution in [1.82, 2.24) is 20.9 Å². The van der Waals surface area contributed by atoms with Crippen molar-refractivity contribution in [3.05, 3.63) is 88.9 Å². The number of hydrogen-bond acceptors (Lipinski definition) is 5. The molecular formula is C24H25F6N5. The van der Waals surface area contributed by atoms with Gasteiger partial charge in [-0.15, -0.1) is 0 Å². The van der Waals surface area contributed by atoms with Gasteiger partial charge < -0.3 is 20.9 Å². The molecule has 188 valence electrons. The van der Waals surface area contributed by atoms with Gasteiger partial charge in [-0.3, -0.25) is 5.32 Å². The van der Waals surface area contributed by atoms with E-state index in [2.05, 4.69) is 21.3 Å². The Hall–Kier alpha value is -3.18. The van der Waals surface area contributed by atoms with E-state index in [1.807, 2.05) is 25.1 Å². The standard InChI is InChI=1S/C24H25F6N5/c1-35(2)13-16-12-20(32-15-7-5-14(6-8-15)23(25,26)27)17-9-10-19(34-22(17)33-16)21-18(24(28,29)30)4-3-11-31-21/h3-12,16,21-22,31-34H,13H2,1-2H3. The lowest BCUT2D eigenvalue weighted by Gasteiger charge is -2.39. The zero-order chi connectivity index (χ0) is 25.4. The van der Waals surface area contributed by atoms with Gasteiger partial charge in [-0.2, -0.15) is 26.3 Å². The number of alkyl halides is 6. The summed E-state index contributed by atoms with van der Waals surface area (Å²) in [7, 11) is 3.78. The fourth-order valence-electron chi connectivity index (χ4n) is 4.20. The molecule has 3 heterocycles. The molecular weight excluding hydrogens is 472 g/mol. The van der Waals surface area contributed by atoms with E-state index in [0.29, 0.717) is 23.6 Å². The van der Waals surface area contributed by atoms with E-state index in [0.717, 1.165) is 23.8 Å². The number of likely N-dealkylation sites (N-methyl/N-ethyl adjacent to an activating group) is 1. The maximum atomic E-state index is 13.6. The molecule has 0 saturated carbocycles. The van der Waals surface area contributed by atoms with Gasteiger partial charge in [-0.25, -0.2) is 0 Å². The van der Waals surface area contributed by atoms with Crippen LogP contribution in [0.5, 0.6) is 0 Å². The van der Waals surface area contributed by atoms with Crippen LogP contribution in [-0.2, 0) is 6.18 Å². The predicted molar refractivity (Wildman–Crippen MR) is 122 cm³/mol. The Labute approximate surface area is 198 Å². The molecule has 1 aromatic rings. The molecule has 5 nitrogen and oxygen atoms in total. The number of fused-ring (bicyclic) bond motifs is 1. The van der Waals surface area contributed by atoms with E-state index in [-0.39, 0.29) is 6.04 Å². The average Bonchev–Trinajstić information content (AvgIpc) is 2.77. The van der Waals surface area contributed by atoms with Crippen LogP contribution in [0.3, 0.4) is 0 Å². The average molecular weight is 497 g/mol. The van der Waals surface area contributed by atoms with E-state index in [1.165, 1.54) is 24.4 Å². The van der Waals surface area contributed by atoms with E-state index in [1.54, 1.807) is 12.2 Å². The smallest absolute Gasteiger partial charge is 0.379 e. The third-order valence-corrected chi connectivity index (χ3v) is 5.76. The summed E-state index contributed by atoms with van der Waals surface area (Å²) >= 11 is 0. The van der Waals surface area contributed by atoms with Crippen molar-refractivity contribution < 1.29 is 26.3 Å². The van der Waals surface area contributed by atoms with Gasteiger partial charge in [0.2, 0.25) is 0 Å². The van der Waals surface area contributed by atoms with Crippen molar-refractivity contribution >= 4 is 5.69 Å². The third-order valence-electron chi connectivity index (χ3n) is 5.76. The number of dihydropyridines is 2. The first-order valence-corrected chi connectivity index (χ1v) is 10.9. The van der Waals surface area contributed by atoms with Crippen LogP contribution in [0.1, 0.15) is 5.56 Å². The molecule has 0 saturated heterocycles. The van der Waals surface area contributed by atoms with Crippen molar-refractivity contribution in [2.75, 3.05) is 26.0 Å². The van der Waals surface area contributed by atoms with Gasteiger partial charge >= 0.3 is 12.4 Å². The highest BCUT2D eigenvalue weighted by atomic mass is 19.4. The lowest BCUT2D eigenvalue weighted by Crippen LogP contribution is -2.56. The summed E-state index contributed by atoms with van der Waals surface area (Å²) in [6.07, 6.45) is -0.413. The fourth-order valence-corrected chi connectivity index (χ4v) is 4.20. The number of anilines is 1. The number of allylic oxidation sites excluding steroid dienone is 4. The molecule has 4 rings (SSSR count). The number of rotatable bonds is 5. The molecule has 35 heavy (non-hydrogen) atoms. The minimum absolute atomic E-state index is 0.173. The summed E-state index contributed by atoms with van der Waals surface area (Å²) in [6, 6.07) is 3.42. The SMILES string of the molecule is CN(C)CC1C=C(Nc2ccc(C(F)(F)F)cc2)C2=CC=C(C3NC=CC=C3C(F)(F)F)NC2N1. The largest absolute Gasteiger partial charge is 0.416 e. The molecule has 0 aromatic heterocycles. The molecule has 3 aliphatic heterocycles. The minimum Gasteiger partial charge on any atom is -0.379 e. The molecule has 11 heteroatoms. The molecule has 0 amide bonds. The van der Waals surface area contributed by atoms with Gasteiger partial charge in [-0.05, 0) is 62.8 Å². The zero-order valence-electron chi connectivity index (χ0n) is 18.9. The first-order valence-electron chi connectivity index (χ1n) is 10.9. The highest BCUT2D eigenvalue weighted by Gasteiger charge is 2.42. The second-order valence-corrected chi connectivity index (χ2v) is 8.72. The van der Waals surface area contributed by atoms with E-state index >= 15 is 0 Å². The van der Waals surface area contributed by atoms with Gasteiger partial charge in [0, 0.05) is 35.2 Å². The maximum absolute atomic E-state index is 13.6. The Bertz CT molecular complexity index is 1090. The number of benzene rings is 1. The molecule has 0 radical (unpaired) electrons. The molecule has 0 fully saturated rings. The first-order chi connectivity index (χ1) is 16.4. The third kappa shape index (κ3) is 5.73.